The van der Waals surface area contributed by atoms with Crippen LogP contribution >= 0.6 is 0 Å². The van der Waals surface area contributed by atoms with E-state index in [9.17, 15) is 0 Å². The van der Waals surface area contributed by atoms with Gasteiger partial charge in [0.25, 0.3) is 0 Å². The van der Waals surface area contributed by atoms with Crippen molar-refractivity contribution >= 4 is 11.5 Å². The van der Waals surface area contributed by atoms with Gasteiger partial charge in [-0.2, -0.15) is 10.4 Å². The number of hydrogen-bond acceptors (Lipinski definition) is 5. The molecule has 2 rings (SSSR count). The molecule has 0 aliphatic carbocycles. The number of nitrogens with two attached hydrogens (primary N) is 1. The first-order chi connectivity index (χ1) is 9.24. The molecular weight excluding hydrogens is 238 g/mol. The summed E-state index contributed by atoms with van der Waals surface area (Å²) in [7, 11) is 0. The number of benzene rings is 1. The highest BCUT2D eigenvalue weighted by Gasteiger charge is 2.12. The number of nitriles is 1. The summed E-state index contributed by atoms with van der Waals surface area (Å²) in [5, 5.41) is 17.0. The average molecular weight is 253 g/mol. The first-order valence-electron chi connectivity index (χ1n) is 6.05. The number of aromatic nitrogens is 2. The molecule has 1 aromatic carbocycles. The van der Waals surface area contributed by atoms with Crippen molar-refractivity contribution in [1.82, 2.24) is 10.2 Å². The van der Waals surface area contributed by atoms with E-state index >= 15 is 0 Å². The van der Waals surface area contributed by atoms with Gasteiger partial charge in [-0.15, -0.1) is 5.10 Å². The van der Waals surface area contributed by atoms with Crippen LogP contribution in [0.5, 0.6) is 0 Å². The molecular formula is C14H15N5. The van der Waals surface area contributed by atoms with Gasteiger partial charge in [0.15, 0.2) is 5.82 Å². The summed E-state index contributed by atoms with van der Waals surface area (Å²) in [6, 6.07) is 11.5. The molecule has 1 aromatic heterocycles. The Bertz CT molecular complexity index is 603. The maximum absolute atomic E-state index is 9.11. The molecule has 0 radical (unpaired) electrons. The van der Waals surface area contributed by atoms with Crippen molar-refractivity contribution in [2.24, 2.45) is 0 Å². The Kier molecular flexibility index (Phi) is 3.94. The molecule has 0 amide bonds. The summed E-state index contributed by atoms with van der Waals surface area (Å²) in [4.78, 5) is 2.00. The van der Waals surface area contributed by atoms with Gasteiger partial charge in [-0.1, -0.05) is 12.1 Å². The molecule has 0 aliphatic rings. The van der Waals surface area contributed by atoms with E-state index in [2.05, 4.69) is 16.3 Å². The van der Waals surface area contributed by atoms with E-state index in [0.29, 0.717) is 17.9 Å². The molecule has 2 N–H and O–H groups in total. The normalized spacial score (nSPS) is 9.89. The van der Waals surface area contributed by atoms with E-state index in [0.717, 1.165) is 17.8 Å². The number of rotatable bonds is 4. The number of nitrogens with zero attached hydrogens (tertiary/aromatic N) is 4. The Balaban J connectivity index is 2.28. The lowest BCUT2D eigenvalue weighted by atomic mass is 10.2. The third-order valence-corrected chi connectivity index (χ3v) is 2.83. The van der Waals surface area contributed by atoms with E-state index in [4.69, 9.17) is 11.0 Å². The van der Waals surface area contributed by atoms with Gasteiger partial charge in [-0.05, 0) is 30.7 Å². The minimum atomic E-state index is 0.528. The van der Waals surface area contributed by atoms with Crippen molar-refractivity contribution in [1.29, 1.82) is 5.26 Å². The largest absolute Gasteiger partial charge is 0.399 e. The summed E-state index contributed by atoms with van der Waals surface area (Å²) >= 11 is 0. The summed E-state index contributed by atoms with van der Waals surface area (Å²) in [5.74, 6) is 0.606. The van der Waals surface area contributed by atoms with E-state index < -0.39 is 0 Å². The van der Waals surface area contributed by atoms with E-state index in [1.54, 1.807) is 6.07 Å². The third-order valence-electron chi connectivity index (χ3n) is 2.83. The minimum absolute atomic E-state index is 0.528. The molecule has 0 unspecified atom stereocenters. The van der Waals surface area contributed by atoms with E-state index in [-0.39, 0.29) is 0 Å². The molecule has 1 heterocycles. The zero-order chi connectivity index (χ0) is 13.7. The van der Waals surface area contributed by atoms with Crippen LogP contribution in [-0.4, -0.2) is 16.7 Å². The van der Waals surface area contributed by atoms with Gasteiger partial charge >= 0.3 is 0 Å². The molecule has 2 aromatic rings. The van der Waals surface area contributed by atoms with E-state index in [1.165, 1.54) is 6.20 Å². The first kappa shape index (κ1) is 12.8. The molecule has 5 heteroatoms. The maximum Gasteiger partial charge on any atom is 0.169 e. The smallest absolute Gasteiger partial charge is 0.169 e. The monoisotopic (exact) mass is 253 g/mol. The van der Waals surface area contributed by atoms with Crippen LogP contribution in [-0.2, 0) is 6.54 Å². The number of nitrogen functional groups attached to an aromatic ring is 1. The third kappa shape index (κ3) is 2.99. The van der Waals surface area contributed by atoms with Crippen LogP contribution in [0.4, 0.5) is 11.5 Å². The highest BCUT2D eigenvalue weighted by Crippen LogP contribution is 2.18. The maximum atomic E-state index is 9.11. The molecule has 0 bridgehead atoms. The molecule has 5 nitrogen and oxygen atoms in total. The van der Waals surface area contributed by atoms with Crippen LogP contribution in [0.2, 0.25) is 0 Å². The summed E-state index contributed by atoms with van der Waals surface area (Å²) in [6.45, 7) is 3.40. The zero-order valence-corrected chi connectivity index (χ0v) is 10.7. The van der Waals surface area contributed by atoms with Gasteiger partial charge in [0.1, 0.15) is 6.07 Å². The minimum Gasteiger partial charge on any atom is -0.399 e. The highest BCUT2D eigenvalue weighted by atomic mass is 15.3. The van der Waals surface area contributed by atoms with Gasteiger partial charge in [-0.25, -0.2) is 0 Å². The SMILES string of the molecule is CCN(Cc1cccc(N)c1)c1nnccc1C#N. The van der Waals surface area contributed by atoms with Crippen molar-refractivity contribution in [2.45, 2.75) is 13.5 Å². The Labute approximate surface area is 112 Å². The average Bonchev–Trinajstić information content (AvgIpc) is 2.45. The van der Waals surface area contributed by atoms with Crippen LogP contribution in [0.15, 0.2) is 36.5 Å². The Morgan fingerprint density at radius 3 is 2.89 bits per heavy atom. The molecule has 0 saturated carbocycles. The Hall–Kier alpha value is -2.61. The van der Waals surface area contributed by atoms with E-state index in [1.807, 2.05) is 36.1 Å². The fraction of sp³-hybridized carbons (Fsp3) is 0.214. The second kappa shape index (κ2) is 5.83. The second-order valence-corrected chi connectivity index (χ2v) is 4.14. The van der Waals surface area contributed by atoms with Crippen molar-refractivity contribution < 1.29 is 0 Å². The first-order valence-corrected chi connectivity index (χ1v) is 6.05. The van der Waals surface area contributed by atoms with Gasteiger partial charge in [0, 0.05) is 18.8 Å². The summed E-state index contributed by atoms with van der Waals surface area (Å²) in [6.07, 6.45) is 1.52. The summed E-state index contributed by atoms with van der Waals surface area (Å²) in [5.41, 5.74) is 8.11. The quantitative estimate of drug-likeness (QED) is 0.842. The second-order valence-electron chi connectivity index (χ2n) is 4.14. The van der Waals surface area contributed by atoms with Crippen molar-refractivity contribution in [3.63, 3.8) is 0 Å². The van der Waals surface area contributed by atoms with Gasteiger partial charge in [0.05, 0.1) is 11.8 Å². The lowest BCUT2D eigenvalue weighted by molar-refractivity contribution is 0.794. The van der Waals surface area contributed by atoms with Gasteiger partial charge in [0.2, 0.25) is 0 Å². The number of hydrogen-bond donors (Lipinski definition) is 1. The fourth-order valence-electron chi connectivity index (χ4n) is 1.89. The Morgan fingerprint density at radius 2 is 2.21 bits per heavy atom. The van der Waals surface area contributed by atoms with Crippen LogP contribution in [0.25, 0.3) is 0 Å². The molecule has 0 spiro atoms. The topological polar surface area (TPSA) is 78.8 Å². The van der Waals surface area contributed by atoms with Crippen LogP contribution < -0.4 is 10.6 Å². The molecule has 96 valence electrons. The van der Waals surface area contributed by atoms with Crippen LogP contribution in [0, 0.1) is 11.3 Å². The number of anilines is 2. The van der Waals surface area contributed by atoms with Crippen molar-refractivity contribution in [2.75, 3.05) is 17.2 Å². The van der Waals surface area contributed by atoms with Crippen LogP contribution in [0.1, 0.15) is 18.1 Å². The predicted molar refractivity (Wildman–Crippen MR) is 74.3 cm³/mol. The van der Waals surface area contributed by atoms with Gasteiger partial charge < -0.3 is 10.6 Å². The predicted octanol–water partition coefficient (Wildman–Crippen LogP) is 1.96. The standard InChI is InChI=1S/C14H15N5/c1-2-19(10-11-4-3-5-13(16)8-11)14-12(9-15)6-7-17-18-14/h3-8H,2,10,16H2,1H3. The van der Waals surface area contributed by atoms with Crippen molar-refractivity contribution in [3.8, 4) is 6.07 Å². The molecule has 0 aliphatic heterocycles. The molecule has 0 atom stereocenters. The lowest BCUT2D eigenvalue weighted by Gasteiger charge is -2.22. The van der Waals surface area contributed by atoms with Crippen LogP contribution in [0.3, 0.4) is 0 Å². The molecule has 19 heavy (non-hydrogen) atoms. The van der Waals surface area contributed by atoms with Gasteiger partial charge in [-0.3, -0.25) is 0 Å². The van der Waals surface area contributed by atoms with Crippen molar-refractivity contribution in [3.05, 3.63) is 47.7 Å². The fourth-order valence-corrected chi connectivity index (χ4v) is 1.89. The molecule has 0 fully saturated rings. The molecule has 0 saturated heterocycles. The highest BCUT2D eigenvalue weighted by molar-refractivity contribution is 5.53. The zero-order valence-electron chi connectivity index (χ0n) is 10.7. The summed E-state index contributed by atoms with van der Waals surface area (Å²) < 4.78 is 0. The Morgan fingerprint density at radius 1 is 1.37 bits per heavy atom. The lowest BCUT2D eigenvalue weighted by Crippen LogP contribution is -2.24.